The number of pyridine rings is 1. The highest BCUT2D eigenvalue weighted by atomic mass is 16.2. The van der Waals surface area contributed by atoms with Gasteiger partial charge in [-0.25, -0.2) is 0 Å². The van der Waals surface area contributed by atoms with Crippen molar-refractivity contribution in [1.29, 1.82) is 5.26 Å². The molecular weight excluding hydrogens is 374 g/mol. The number of fused-ring (bicyclic) bond motifs is 1. The Hall–Kier alpha value is -3.43. The molecule has 1 saturated heterocycles. The SMILES string of the molecule is N#CCCn1cc(/C=C/C(=O)N2CCN(Cc3cccnc3)CC2)c2ccccc21. The Balaban J connectivity index is 1.38. The van der Waals surface area contributed by atoms with Crippen LogP contribution in [0.25, 0.3) is 17.0 Å². The summed E-state index contributed by atoms with van der Waals surface area (Å²) in [4.78, 5) is 21.1. The van der Waals surface area contributed by atoms with Crippen molar-refractivity contribution in [3.8, 4) is 6.07 Å². The van der Waals surface area contributed by atoms with Crippen molar-refractivity contribution < 1.29 is 4.79 Å². The molecule has 3 heterocycles. The van der Waals surface area contributed by atoms with Crippen LogP contribution in [0.5, 0.6) is 0 Å². The zero-order valence-electron chi connectivity index (χ0n) is 16.9. The molecule has 1 fully saturated rings. The average molecular weight is 399 g/mol. The van der Waals surface area contributed by atoms with Gasteiger partial charge in [-0.2, -0.15) is 5.26 Å². The van der Waals surface area contributed by atoms with E-state index >= 15 is 0 Å². The number of hydrogen-bond donors (Lipinski definition) is 0. The largest absolute Gasteiger partial charge is 0.346 e. The number of rotatable bonds is 6. The maximum Gasteiger partial charge on any atom is 0.246 e. The molecule has 0 bridgehead atoms. The van der Waals surface area contributed by atoms with Crippen molar-refractivity contribution in [3.05, 3.63) is 72.2 Å². The Morgan fingerprint density at radius 3 is 2.73 bits per heavy atom. The minimum absolute atomic E-state index is 0.0462. The van der Waals surface area contributed by atoms with Gasteiger partial charge in [-0.15, -0.1) is 0 Å². The van der Waals surface area contributed by atoms with E-state index in [1.165, 1.54) is 5.56 Å². The first-order valence-corrected chi connectivity index (χ1v) is 10.3. The predicted octanol–water partition coefficient (Wildman–Crippen LogP) is 3.31. The van der Waals surface area contributed by atoms with Crippen LogP contribution in [0.4, 0.5) is 0 Å². The third kappa shape index (κ3) is 4.58. The van der Waals surface area contributed by atoms with Gasteiger partial charge in [0.2, 0.25) is 5.91 Å². The molecule has 1 amide bonds. The minimum atomic E-state index is 0.0462. The van der Waals surface area contributed by atoms with E-state index < -0.39 is 0 Å². The van der Waals surface area contributed by atoms with Crippen molar-refractivity contribution in [1.82, 2.24) is 19.4 Å². The highest BCUT2D eigenvalue weighted by Gasteiger charge is 2.19. The summed E-state index contributed by atoms with van der Waals surface area (Å²) in [6.45, 7) is 4.70. The van der Waals surface area contributed by atoms with Crippen LogP contribution < -0.4 is 0 Å². The van der Waals surface area contributed by atoms with E-state index in [-0.39, 0.29) is 5.91 Å². The molecule has 4 rings (SSSR count). The summed E-state index contributed by atoms with van der Waals surface area (Å²) >= 11 is 0. The zero-order chi connectivity index (χ0) is 20.8. The standard InChI is InChI=1S/C24H25N5O/c25-10-4-12-29-19-21(22-6-1-2-7-23(22)29)8-9-24(30)28-15-13-27(14-16-28)18-20-5-3-11-26-17-20/h1-3,5-9,11,17,19H,4,12-16,18H2/b9-8+. The third-order valence-corrected chi connectivity index (χ3v) is 5.50. The van der Waals surface area contributed by atoms with Crippen molar-refractivity contribution in [2.24, 2.45) is 0 Å². The van der Waals surface area contributed by atoms with E-state index in [1.807, 2.05) is 47.6 Å². The van der Waals surface area contributed by atoms with E-state index in [1.54, 1.807) is 12.3 Å². The predicted molar refractivity (Wildman–Crippen MR) is 117 cm³/mol. The first-order chi connectivity index (χ1) is 14.7. The highest BCUT2D eigenvalue weighted by Crippen LogP contribution is 2.23. The van der Waals surface area contributed by atoms with E-state index in [9.17, 15) is 4.79 Å². The molecule has 0 unspecified atom stereocenters. The molecule has 0 radical (unpaired) electrons. The van der Waals surface area contributed by atoms with Crippen molar-refractivity contribution in [2.45, 2.75) is 19.5 Å². The van der Waals surface area contributed by atoms with E-state index in [0.29, 0.717) is 13.0 Å². The zero-order valence-corrected chi connectivity index (χ0v) is 16.9. The lowest BCUT2D eigenvalue weighted by Gasteiger charge is -2.34. The molecule has 0 N–H and O–H groups in total. The number of aryl methyl sites for hydroxylation is 1. The number of piperazine rings is 1. The Morgan fingerprint density at radius 2 is 1.97 bits per heavy atom. The van der Waals surface area contributed by atoms with Crippen LogP contribution in [0.3, 0.4) is 0 Å². The molecule has 0 atom stereocenters. The number of benzene rings is 1. The topological polar surface area (TPSA) is 65.2 Å². The van der Waals surface area contributed by atoms with Gasteiger partial charge < -0.3 is 9.47 Å². The van der Waals surface area contributed by atoms with Crippen LogP contribution in [0.1, 0.15) is 17.5 Å². The fourth-order valence-corrected chi connectivity index (χ4v) is 3.91. The summed E-state index contributed by atoms with van der Waals surface area (Å²) in [7, 11) is 0. The van der Waals surface area contributed by atoms with Gasteiger partial charge in [0.05, 0.1) is 12.5 Å². The van der Waals surface area contributed by atoms with Gasteiger partial charge in [-0.3, -0.25) is 14.7 Å². The second-order valence-corrected chi connectivity index (χ2v) is 7.50. The lowest BCUT2D eigenvalue weighted by molar-refractivity contribution is -0.127. The van der Waals surface area contributed by atoms with Crippen LogP contribution in [0.15, 0.2) is 61.1 Å². The molecule has 1 aliphatic rings. The molecule has 6 nitrogen and oxygen atoms in total. The highest BCUT2D eigenvalue weighted by molar-refractivity contribution is 5.96. The van der Waals surface area contributed by atoms with E-state index in [4.69, 9.17) is 5.26 Å². The summed E-state index contributed by atoms with van der Waals surface area (Å²) in [5.74, 6) is 0.0462. The minimum Gasteiger partial charge on any atom is -0.346 e. The Bertz CT molecular complexity index is 1070. The lowest BCUT2D eigenvalue weighted by Crippen LogP contribution is -2.47. The molecular formula is C24H25N5O. The molecule has 3 aromatic rings. The summed E-state index contributed by atoms with van der Waals surface area (Å²) in [5, 5.41) is 9.99. The first kappa shape index (κ1) is 19.9. The summed E-state index contributed by atoms with van der Waals surface area (Å²) in [5.41, 5.74) is 3.29. The summed E-state index contributed by atoms with van der Waals surface area (Å²) in [6.07, 6.45) is 9.74. The van der Waals surface area contributed by atoms with Crippen molar-refractivity contribution in [3.63, 3.8) is 0 Å². The lowest BCUT2D eigenvalue weighted by atomic mass is 10.1. The smallest absolute Gasteiger partial charge is 0.246 e. The molecule has 152 valence electrons. The van der Waals surface area contributed by atoms with Gasteiger partial charge in [0.25, 0.3) is 0 Å². The number of carbonyl (C=O) groups excluding carboxylic acids is 1. The molecule has 0 aliphatic carbocycles. The van der Waals surface area contributed by atoms with Crippen LogP contribution in [0, 0.1) is 11.3 Å². The average Bonchev–Trinajstić information content (AvgIpc) is 3.15. The number of amides is 1. The van der Waals surface area contributed by atoms with Crippen LogP contribution >= 0.6 is 0 Å². The Morgan fingerprint density at radius 1 is 1.13 bits per heavy atom. The quantitative estimate of drug-likeness (QED) is 0.597. The third-order valence-electron chi connectivity index (χ3n) is 5.50. The van der Waals surface area contributed by atoms with Gasteiger partial charge >= 0.3 is 0 Å². The van der Waals surface area contributed by atoms with Crippen molar-refractivity contribution >= 4 is 22.9 Å². The van der Waals surface area contributed by atoms with Gasteiger partial charge in [-0.1, -0.05) is 24.3 Å². The molecule has 1 aromatic carbocycles. The number of aromatic nitrogens is 2. The Labute approximate surface area is 176 Å². The van der Waals surface area contributed by atoms with Crippen LogP contribution in [-0.4, -0.2) is 51.4 Å². The first-order valence-electron chi connectivity index (χ1n) is 10.3. The van der Waals surface area contributed by atoms with Crippen LogP contribution in [-0.2, 0) is 17.9 Å². The number of hydrogen-bond acceptors (Lipinski definition) is 4. The van der Waals surface area contributed by atoms with Gasteiger partial charge in [0.15, 0.2) is 0 Å². The van der Waals surface area contributed by atoms with E-state index in [0.717, 1.165) is 49.2 Å². The number of nitrogens with zero attached hydrogens (tertiary/aromatic N) is 5. The summed E-state index contributed by atoms with van der Waals surface area (Å²) in [6, 6.07) is 14.3. The maximum atomic E-state index is 12.7. The van der Waals surface area contributed by atoms with Crippen molar-refractivity contribution in [2.75, 3.05) is 26.2 Å². The van der Waals surface area contributed by atoms with Crippen LogP contribution in [0.2, 0.25) is 0 Å². The second-order valence-electron chi connectivity index (χ2n) is 7.50. The number of para-hydroxylation sites is 1. The Kier molecular flexibility index (Phi) is 6.21. The molecule has 2 aromatic heterocycles. The number of nitriles is 1. The molecule has 1 aliphatic heterocycles. The van der Waals surface area contributed by atoms with Gasteiger partial charge in [0, 0.05) is 80.4 Å². The monoisotopic (exact) mass is 399 g/mol. The second kappa shape index (κ2) is 9.38. The molecule has 0 saturated carbocycles. The van der Waals surface area contributed by atoms with Gasteiger partial charge in [-0.05, 0) is 23.8 Å². The molecule has 6 heteroatoms. The normalized spacial score (nSPS) is 15.0. The summed E-state index contributed by atoms with van der Waals surface area (Å²) < 4.78 is 2.08. The fourth-order valence-electron chi connectivity index (χ4n) is 3.91. The molecule has 0 spiro atoms. The maximum absolute atomic E-state index is 12.7. The number of carbonyl (C=O) groups is 1. The van der Waals surface area contributed by atoms with E-state index in [2.05, 4.69) is 32.7 Å². The van der Waals surface area contributed by atoms with Gasteiger partial charge in [0.1, 0.15) is 0 Å². The molecule has 30 heavy (non-hydrogen) atoms. The fraction of sp³-hybridized carbons (Fsp3) is 0.292.